The third-order valence-electron chi connectivity index (χ3n) is 4.91. The normalized spacial score (nSPS) is 14.1. The Morgan fingerprint density at radius 2 is 1.55 bits per heavy atom. The lowest BCUT2D eigenvalue weighted by molar-refractivity contribution is 0.0532. The van der Waals surface area contributed by atoms with Crippen molar-refractivity contribution in [2.45, 2.75) is 0 Å². The number of halogens is 2. The van der Waals surface area contributed by atoms with E-state index >= 15 is 0 Å². The molecule has 1 fully saturated rings. The van der Waals surface area contributed by atoms with Gasteiger partial charge in [0.25, 0.3) is 11.8 Å². The van der Waals surface area contributed by atoms with Crippen LogP contribution in [0.1, 0.15) is 20.8 Å². The minimum Gasteiger partial charge on any atom is -0.335 e. The fraction of sp³-hybridized carbons (Fsp3) is 0.190. The summed E-state index contributed by atoms with van der Waals surface area (Å²) in [6.45, 7) is 1.93. The molecule has 0 radical (unpaired) electrons. The molecule has 2 aromatic carbocycles. The quantitative estimate of drug-likeness (QED) is 0.623. The summed E-state index contributed by atoms with van der Waals surface area (Å²) in [5.41, 5.74) is 2.63. The lowest BCUT2D eigenvalue weighted by Gasteiger charge is -2.34. The van der Waals surface area contributed by atoms with Gasteiger partial charge in [-0.1, -0.05) is 35.9 Å². The largest absolute Gasteiger partial charge is 0.335 e. The van der Waals surface area contributed by atoms with Gasteiger partial charge in [-0.15, -0.1) is 0 Å². The number of nitrogens with one attached hydrogen (secondary N) is 1. The molecule has 2 amide bonds. The van der Waals surface area contributed by atoms with Gasteiger partial charge in [0.2, 0.25) is 0 Å². The first-order valence-electron chi connectivity index (χ1n) is 9.17. The number of rotatable bonds is 3. The Morgan fingerprint density at radius 3 is 2.21 bits per heavy atom. The fourth-order valence-corrected chi connectivity index (χ4v) is 3.87. The molecule has 1 aliphatic heterocycles. The number of carbonyl (C=O) groups excluding carboxylic acids is 2. The summed E-state index contributed by atoms with van der Waals surface area (Å²) < 4.78 is 0.774. The number of nitrogens with zero attached hydrogens (tertiary/aromatic N) is 3. The molecule has 1 saturated heterocycles. The van der Waals surface area contributed by atoms with E-state index in [0.29, 0.717) is 48.2 Å². The number of H-pyrrole nitrogens is 1. The van der Waals surface area contributed by atoms with Gasteiger partial charge in [0.1, 0.15) is 5.69 Å². The Bertz CT molecular complexity index is 1040. The average Bonchev–Trinajstić information content (AvgIpc) is 3.24. The monoisotopic (exact) mass is 472 g/mol. The first-order valence-corrected chi connectivity index (χ1v) is 10.3. The fourth-order valence-electron chi connectivity index (χ4n) is 3.29. The molecule has 148 valence electrons. The second-order valence-corrected chi connectivity index (χ2v) is 8.03. The lowest BCUT2D eigenvalue weighted by atomic mass is 10.1. The minimum absolute atomic E-state index is 0.0314. The lowest BCUT2D eigenvalue weighted by Crippen LogP contribution is -2.50. The molecule has 0 spiro atoms. The topological polar surface area (TPSA) is 69.3 Å². The Morgan fingerprint density at radius 1 is 0.931 bits per heavy atom. The predicted octanol–water partition coefficient (Wildman–Crippen LogP) is 4.09. The van der Waals surface area contributed by atoms with Gasteiger partial charge in [-0.3, -0.25) is 14.7 Å². The highest BCUT2D eigenvalue weighted by Gasteiger charge is 2.27. The van der Waals surface area contributed by atoms with Crippen LogP contribution in [0.25, 0.3) is 11.3 Å². The second kappa shape index (κ2) is 8.39. The molecule has 4 rings (SSSR count). The van der Waals surface area contributed by atoms with Crippen LogP contribution in [0.3, 0.4) is 0 Å². The summed E-state index contributed by atoms with van der Waals surface area (Å²) in [6, 6.07) is 16.4. The van der Waals surface area contributed by atoms with E-state index in [-0.39, 0.29) is 11.8 Å². The average molecular weight is 474 g/mol. The van der Waals surface area contributed by atoms with Crippen LogP contribution in [0.5, 0.6) is 0 Å². The van der Waals surface area contributed by atoms with Crippen LogP contribution in [-0.4, -0.2) is 58.0 Å². The molecule has 1 aliphatic rings. The molecule has 6 nitrogen and oxygen atoms in total. The Balaban J connectivity index is 1.40. The molecule has 1 aromatic heterocycles. The van der Waals surface area contributed by atoms with Crippen molar-refractivity contribution in [1.82, 2.24) is 20.0 Å². The van der Waals surface area contributed by atoms with Crippen LogP contribution < -0.4 is 0 Å². The van der Waals surface area contributed by atoms with Crippen LogP contribution >= 0.6 is 27.5 Å². The molecular weight excluding hydrogens is 456 g/mol. The van der Waals surface area contributed by atoms with E-state index in [1.54, 1.807) is 34.1 Å². The van der Waals surface area contributed by atoms with Crippen molar-refractivity contribution in [3.05, 3.63) is 75.4 Å². The zero-order chi connectivity index (χ0) is 20.4. The summed E-state index contributed by atoms with van der Waals surface area (Å²) in [6.07, 6.45) is 0. The number of piperazine rings is 1. The molecular formula is C21H18BrClN4O2. The molecule has 3 aromatic rings. The van der Waals surface area contributed by atoms with E-state index < -0.39 is 0 Å². The van der Waals surface area contributed by atoms with Gasteiger partial charge in [0.05, 0.1) is 11.3 Å². The first kappa shape index (κ1) is 19.7. The molecule has 0 aliphatic carbocycles. The molecule has 0 saturated carbocycles. The molecule has 2 heterocycles. The maximum absolute atomic E-state index is 12.8. The predicted molar refractivity (Wildman–Crippen MR) is 115 cm³/mol. The SMILES string of the molecule is O=C(c1cc(-c2ccc(Cl)cc2)n[nH]1)N1CCN(C(=O)c2ccccc2Br)CC1. The number of carbonyl (C=O) groups is 2. The second-order valence-electron chi connectivity index (χ2n) is 6.74. The van der Waals surface area contributed by atoms with Gasteiger partial charge >= 0.3 is 0 Å². The summed E-state index contributed by atoms with van der Waals surface area (Å²) >= 11 is 9.34. The van der Waals surface area contributed by atoms with Gasteiger partial charge in [0, 0.05) is 41.2 Å². The molecule has 0 atom stereocenters. The smallest absolute Gasteiger partial charge is 0.272 e. The maximum atomic E-state index is 12.8. The summed E-state index contributed by atoms with van der Waals surface area (Å²) in [7, 11) is 0. The maximum Gasteiger partial charge on any atom is 0.272 e. The third kappa shape index (κ3) is 4.21. The zero-order valence-corrected chi connectivity index (χ0v) is 17.8. The number of aromatic nitrogens is 2. The number of benzene rings is 2. The van der Waals surface area contributed by atoms with Gasteiger partial charge in [-0.25, -0.2) is 0 Å². The molecule has 29 heavy (non-hydrogen) atoms. The van der Waals surface area contributed by atoms with E-state index in [2.05, 4.69) is 26.1 Å². The van der Waals surface area contributed by atoms with Crippen LogP contribution in [0, 0.1) is 0 Å². The Kier molecular flexibility index (Phi) is 5.69. The van der Waals surface area contributed by atoms with E-state index in [0.717, 1.165) is 10.0 Å². The zero-order valence-electron chi connectivity index (χ0n) is 15.4. The van der Waals surface area contributed by atoms with Crippen molar-refractivity contribution in [2.75, 3.05) is 26.2 Å². The molecule has 8 heteroatoms. The Labute approximate surface area is 181 Å². The van der Waals surface area contributed by atoms with E-state index in [1.807, 2.05) is 30.3 Å². The van der Waals surface area contributed by atoms with Gasteiger partial charge in [-0.2, -0.15) is 5.10 Å². The molecule has 0 bridgehead atoms. The van der Waals surface area contributed by atoms with Crippen LogP contribution in [-0.2, 0) is 0 Å². The van der Waals surface area contributed by atoms with Gasteiger partial charge in [-0.05, 0) is 46.3 Å². The third-order valence-corrected chi connectivity index (χ3v) is 5.85. The Hall–Kier alpha value is -2.64. The number of aromatic amines is 1. The van der Waals surface area contributed by atoms with Gasteiger partial charge in [0.15, 0.2) is 0 Å². The summed E-state index contributed by atoms with van der Waals surface area (Å²) in [5.74, 6) is -0.151. The highest BCUT2D eigenvalue weighted by atomic mass is 79.9. The van der Waals surface area contributed by atoms with Crippen LogP contribution in [0.2, 0.25) is 5.02 Å². The van der Waals surface area contributed by atoms with Crippen molar-refractivity contribution in [3.63, 3.8) is 0 Å². The van der Waals surface area contributed by atoms with Crippen LogP contribution in [0.15, 0.2) is 59.1 Å². The molecule has 1 N–H and O–H groups in total. The van der Waals surface area contributed by atoms with Crippen molar-refractivity contribution in [2.24, 2.45) is 0 Å². The minimum atomic E-state index is -0.120. The number of hydrogen-bond donors (Lipinski definition) is 1. The summed E-state index contributed by atoms with van der Waals surface area (Å²) in [5, 5.41) is 7.71. The van der Waals surface area contributed by atoms with Crippen molar-refractivity contribution < 1.29 is 9.59 Å². The number of amides is 2. The first-order chi connectivity index (χ1) is 14.0. The van der Waals surface area contributed by atoms with Crippen molar-refractivity contribution in [3.8, 4) is 11.3 Å². The number of hydrogen-bond acceptors (Lipinski definition) is 3. The van der Waals surface area contributed by atoms with E-state index in [1.165, 1.54) is 0 Å². The highest BCUT2D eigenvalue weighted by molar-refractivity contribution is 9.10. The van der Waals surface area contributed by atoms with Crippen LogP contribution in [0.4, 0.5) is 0 Å². The van der Waals surface area contributed by atoms with E-state index in [4.69, 9.17) is 11.6 Å². The molecule has 0 unspecified atom stereocenters. The van der Waals surface area contributed by atoms with E-state index in [9.17, 15) is 9.59 Å². The standard InChI is InChI=1S/C21H18BrClN4O2/c22-17-4-2-1-3-16(17)20(28)26-9-11-27(12-10-26)21(29)19-13-18(24-25-19)14-5-7-15(23)8-6-14/h1-8,13H,9-12H2,(H,24,25). The van der Waals surface area contributed by atoms with Gasteiger partial charge < -0.3 is 9.80 Å². The summed E-state index contributed by atoms with van der Waals surface area (Å²) in [4.78, 5) is 29.1. The van der Waals surface area contributed by atoms with Crippen molar-refractivity contribution >= 4 is 39.3 Å². The highest BCUT2D eigenvalue weighted by Crippen LogP contribution is 2.22. The van der Waals surface area contributed by atoms with Crippen molar-refractivity contribution in [1.29, 1.82) is 0 Å².